The van der Waals surface area contributed by atoms with Crippen molar-refractivity contribution < 1.29 is 23.8 Å². The lowest BCUT2D eigenvalue weighted by Gasteiger charge is -2.30. The number of hydrogen-bond donors (Lipinski definition) is 1. The van der Waals surface area contributed by atoms with Gasteiger partial charge in [0, 0.05) is 10.2 Å². The first-order valence-corrected chi connectivity index (χ1v) is 11.3. The molecule has 0 unspecified atom stereocenters. The van der Waals surface area contributed by atoms with E-state index in [1.54, 1.807) is 47.4 Å². The van der Waals surface area contributed by atoms with E-state index < -0.39 is 0 Å². The van der Waals surface area contributed by atoms with Crippen LogP contribution in [0.2, 0.25) is 0 Å². The maximum Gasteiger partial charge on any atom is 0.265 e. The third-order valence-corrected chi connectivity index (χ3v) is 5.47. The van der Waals surface area contributed by atoms with Crippen LogP contribution in [0.4, 0.5) is 11.4 Å². The minimum atomic E-state index is -0.314. The zero-order valence-electron chi connectivity index (χ0n) is 18.0. The van der Waals surface area contributed by atoms with Crippen molar-refractivity contribution in [3.63, 3.8) is 0 Å². The average molecular weight is 511 g/mol. The number of hydrogen-bond acceptors (Lipinski definition) is 5. The molecule has 0 radical (unpaired) electrons. The van der Waals surface area contributed by atoms with Crippen molar-refractivity contribution in [1.82, 2.24) is 0 Å². The van der Waals surface area contributed by atoms with E-state index in [1.165, 1.54) is 0 Å². The third kappa shape index (κ3) is 5.84. The normalized spacial score (nSPS) is 12.5. The lowest BCUT2D eigenvalue weighted by molar-refractivity contribution is -0.121. The van der Waals surface area contributed by atoms with Crippen molar-refractivity contribution in [1.29, 1.82) is 0 Å². The second-order valence-electron chi connectivity index (χ2n) is 7.32. The molecule has 0 saturated carbocycles. The number of nitrogens with zero attached hydrogens (tertiary/aromatic N) is 1. The molecule has 0 aliphatic carbocycles. The van der Waals surface area contributed by atoms with Gasteiger partial charge in [0.25, 0.3) is 11.8 Å². The molecule has 3 aromatic carbocycles. The standard InChI is InChI=1S/C25H23BrN2O5/c1-2-31-20-8-10-21(11-9-20)32-15-24(29)27-19-7-12-23-22(13-19)28(25(30)16-33-23)14-17-3-5-18(26)6-4-17/h3-13H,2,14-16H2,1H3,(H,27,29). The SMILES string of the molecule is CCOc1ccc(OCC(=O)Nc2ccc3c(c2)N(Cc2ccc(Br)cc2)C(=O)CO3)cc1. The van der Waals surface area contributed by atoms with Gasteiger partial charge in [-0.25, -0.2) is 0 Å². The molecule has 170 valence electrons. The van der Waals surface area contributed by atoms with Crippen molar-refractivity contribution in [2.24, 2.45) is 0 Å². The smallest absolute Gasteiger partial charge is 0.265 e. The molecule has 0 bridgehead atoms. The molecule has 8 heteroatoms. The highest BCUT2D eigenvalue weighted by Gasteiger charge is 2.26. The molecule has 1 N–H and O–H groups in total. The number of nitrogens with one attached hydrogen (secondary N) is 1. The van der Waals surface area contributed by atoms with Gasteiger partial charge in [0.05, 0.1) is 18.8 Å². The molecule has 33 heavy (non-hydrogen) atoms. The fourth-order valence-corrected chi connectivity index (χ4v) is 3.63. The largest absolute Gasteiger partial charge is 0.494 e. The molecule has 7 nitrogen and oxygen atoms in total. The minimum Gasteiger partial charge on any atom is -0.494 e. The Labute approximate surface area is 200 Å². The first-order chi connectivity index (χ1) is 16.0. The van der Waals surface area contributed by atoms with Gasteiger partial charge >= 0.3 is 0 Å². The number of carbonyl (C=O) groups is 2. The highest BCUT2D eigenvalue weighted by Crippen LogP contribution is 2.35. The van der Waals surface area contributed by atoms with Crippen molar-refractivity contribution in [2.75, 3.05) is 30.0 Å². The number of carbonyl (C=O) groups excluding carboxylic acids is 2. The summed E-state index contributed by atoms with van der Waals surface area (Å²) < 4.78 is 17.5. The van der Waals surface area contributed by atoms with Crippen LogP contribution < -0.4 is 24.4 Å². The Bertz CT molecular complexity index is 1130. The molecular weight excluding hydrogens is 488 g/mol. The van der Waals surface area contributed by atoms with E-state index in [0.717, 1.165) is 15.8 Å². The molecule has 1 aliphatic rings. The van der Waals surface area contributed by atoms with Crippen LogP contribution in [0.5, 0.6) is 17.2 Å². The highest BCUT2D eigenvalue weighted by molar-refractivity contribution is 9.10. The van der Waals surface area contributed by atoms with Gasteiger partial charge in [-0.05, 0) is 67.1 Å². The van der Waals surface area contributed by atoms with Crippen LogP contribution in [0, 0.1) is 0 Å². The summed E-state index contributed by atoms with van der Waals surface area (Å²) in [7, 11) is 0. The number of fused-ring (bicyclic) bond motifs is 1. The van der Waals surface area contributed by atoms with Gasteiger partial charge in [0.2, 0.25) is 0 Å². The zero-order valence-corrected chi connectivity index (χ0v) is 19.6. The Kier molecular flexibility index (Phi) is 7.14. The average Bonchev–Trinajstić information content (AvgIpc) is 2.82. The summed E-state index contributed by atoms with van der Waals surface area (Å²) in [6.07, 6.45) is 0. The van der Waals surface area contributed by atoms with Gasteiger partial charge in [0.15, 0.2) is 13.2 Å². The fourth-order valence-electron chi connectivity index (χ4n) is 3.37. The van der Waals surface area contributed by atoms with Gasteiger partial charge in [-0.1, -0.05) is 28.1 Å². The van der Waals surface area contributed by atoms with Crippen molar-refractivity contribution >= 4 is 39.1 Å². The second kappa shape index (κ2) is 10.4. The summed E-state index contributed by atoms with van der Waals surface area (Å²) in [5.74, 6) is 1.45. The number of amides is 2. The highest BCUT2D eigenvalue weighted by atomic mass is 79.9. The van der Waals surface area contributed by atoms with Crippen LogP contribution in [-0.2, 0) is 16.1 Å². The molecule has 0 atom stereocenters. The van der Waals surface area contributed by atoms with Crippen LogP contribution in [0.1, 0.15) is 12.5 Å². The van der Waals surface area contributed by atoms with E-state index in [9.17, 15) is 9.59 Å². The van der Waals surface area contributed by atoms with E-state index >= 15 is 0 Å². The molecular formula is C25H23BrN2O5. The van der Waals surface area contributed by atoms with Gasteiger partial charge in [0.1, 0.15) is 17.2 Å². The topological polar surface area (TPSA) is 77.1 Å². The lowest BCUT2D eigenvalue weighted by Crippen LogP contribution is -2.38. The maximum atomic E-state index is 12.6. The number of halogens is 1. The first-order valence-electron chi connectivity index (χ1n) is 10.5. The predicted molar refractivity (Wildman–Crippen MR) is 129 cm³/mol. The summed E-state index contributed by atoms with van der Waals surface area (Å²) in [6.45, 7) is 2.73. The van der Waals surface area contributed by atoms with Crippen LogP contribution in [0.25, 0.3) is 0 Å². The predicted octanol–water partition coefficient (Wildman–Crippen LogP) is 4.79. The first kappa shape index (κ1) is 22.7. The lowest BCUT2D eigenvalue weighted by atomic mass is 10.1. The number of ether oxygens (including phenoxy) is 3. The molecule has 3 aromatic rings. The zero-order chi connectivity index (χ0) is 23.2. The summed E-state index contributed by atoms with van der Waals surface area (Å²) in [5, 5.41) is 2.81. The molecule has 4 rings (SSSR count). The second-order valence-corrected chi connectivity index (χ2v) is 8.23. The van der Waals surface area contributed by atoms with Crippen molar-refractivity contribution in [2.45, 2.75) is 13.5 Å². The summed E-state index contributed by atoms with van der Waals surface area (Å²) in [6, 6.07) is 20.1. The van der Waals surface area contributed by atoms with E-state index in [0.29, 0.717) is 36.0 Å². The summed E-state index contributed by atoms with van der Waals surface area (Å²) in [5.41, 5.74) is 2.14. The molecule has 0 fully saturated rings. The monoisotopic (exact) mass is 510 g/mol. The van der Waals surface area contributed by atoms with Crippen LogP contribution in [-0.4, -0.2) is 31.6 Å². The van der Waals surface area contributed by atoms with Crippen LogP contribution >= 0.6 is 15.9 Å². The Morgan fingerprint density at radius 1 is 1.03 bits per heavy atom. The van der Waals surface area contributed by atoms with Gasteiger partial charge in [-0.15, -0.1) is 0 Å². The Hall–Kier alpha value is -3.52. The van der Waals surface area contributed by atoms with E-state index in [1.807, 2.05) is 31.2 Å². The molecule has 0 spiro atoms. The van der Waals surface area contributed by atoms with E-state index in [2.05, 4.69) is 21.2 Å². The molecule has 0 saturated heterocycles. The van der Waals surface area contributed by atoms with Gasteiger partial charge in [-0.2, -0.15) is 0 Å². The Morgan fingerprint density at radius 2 is 1.73 bits per heavy atom. The minimum absolute atomic E-state index is 0.0227. The Morgan fingerprint density at radius 3 is 2.42 bits per heavy atom. The number of rotatable bonds is 8. The molecule has 0 aromatic heterocycles. The summed E-state index contributed by atoms with van der Waals surface area (Å²) >= 11 is 3.42. The van der Waals surface area contributed by atoms with Crippen LogP contribution in [0.15, 0.2) is 71.2 Å². The van der Waals surface area contributed by atoms with Crippen molar-refractivity contribution in [3.8, 4) is 17.2 Å². The quantitative estimate of drug-likeness (QED) is 0.471. The van der Waals surface area contributed by atoms with E-state index in [-0.39, 0.29) is 25.0 Å². The molecule has 2 amide bonds. The molecule has 1 heterocycles. The number of anilines is 2. The molecule has 1 aliphatic heterocycles. The fraction of sp³-hybridized carbons (Fsp3) is 0.200. The Balaban J connectivity index is 1.41. The number of benzene rings is 3. The van der Waals surface area contributed by atoms with Gasteiger partial charge in [-0.3, -0.25) is 9.59 Å². The summed E-state index contributed by atoms with van der Waals surface area (Å²) in [4.78, 5) is 26.6. The van der Waals surface area contributed by atoms with Crippen LogP contribution in [0.3, 0.4) is 0 Å². The van der Waals surface area contributed by atoms with E-state index in [4.69, 9.17) is 14.2 Å². The maximum absolute atomic E-state index is 12.6. The van der Waals surface area contributed by atoms with Crippen molar-refractivity contribution in [3.05, 3.63) is 76.8 Å². The third-order valence-electron chi connectivity index (χ3n) is 4.94. The van der Waals surface area contributed by atoms with Gasteiger partial charge < -0.3 is 24.4 Å².